The number of allylic oxidation sites excluding steroid dienone is 1. The van der Waals surface area contributed by atoms with E-state index in [4.69, 9.17) is 19.7 Å². The largest absolute Gasteiger partial charge is 0.499 e. The molecule has 6 aromatic carbocycles. The van der Waals surface area contributed by atoms with Gasteiger partial charge < -0.3 is 4.74 Å². The molecule has 0 N–H and O–H groups in total. The molecule has 3 aromatic heterocycles. The molecule has 0 saturated carbocycles. The van der Waals surface area contributed by atoms with E-state index in [2.05, 4.69) is 135 Å². The van der Waals surface area contributed by atoms with Crippen molar-refractivity contribution in [2.24, 2.45) is 0 Å². The first-order chi connectivity index (χ1) is 25.3. The lowest BCUT2D eigenvalue weighted by molar-refractivity contribution is 0.232. The van der Waals surface area contributed by atoms with Gasteiger partial charge in [-0.3, -0.25) is 13.7 Å². The smallest absolute Gasteiger partial charge is 0.145 e. The van der Waals surface area contributed by atoms with Crippen molar-refractivity contribution >= 4 is 38.8 Å². The maximum absolute atomic E-state index is 5.89. The molecular formula is C44H32N6O. The van der Waals surface area contributed by atoms with Crippen molar-refractivity contribution in [3.05, 3.63) is 158 Å². The fraction of sp³-hybridized carbons (Fsp3) is 0.0682. The number of fused-ring (bicyclic) bond motifs is 3. The molecule has 0 atom stereocenters. The molecule has 1 aliphatic rings. The molecule has 0 amide bonds. The molecule has 4 heterocycles. The maximum atomic E-state index is 5.89. The highest BCUT2D eigenvalue weighted by Gasteiger charge is 2.23. The van der Waals surface area contributed by atoms with Crippen molar-refractivity contribution in [3.8, 4) is 45.5 Å². The monoisotopic (exact) mass is 660 g/mol. The van der Waals surface area contributed by atoms with Gasteiger partial charge in [-0.1, -0.05) is 72.8 Å². The van der Waals surface area contributed by atoms with E-state index in [9.17, 15) is 0 Å². The first kappa shape index (κ1) is 29.2. The number of benzene rings is 6. The molecule has 0 spiro atoms. The molecule has 7 heteroatoms. The molecule has 0 fully saturated rings. The molecular weight excluding hydrogens is 629 g/mol. The lowest BCUT2D eigenvalue weighted by Crippen LogP contribution is -2.07. The summed E-state index contributed by atoms with van der Waals surface area (Å²) in [7, 11) is 0. The minimum atomic E-state index is 0.719. The molecule has 0 saturated heterocycles. The van der Waals surface area contributed by atoms with Crippen molar-refractivity contribution < 1.29 is 4.74 Å². The van der Waals surface area contributed by atoms with Gasteiger partial charge in [-0.25, -0.2) is 15.0 Å². The predicted molar refractivity (Wildman–Crippen MR) is 205 cm³/mol. The molecule has 0 radical (unpaired) electrons. The van der Waals surface area contributed by atoms with E-state index < -0.39 is 0 Å². The number of aromatic nitrogens is 6. The number of rotatable bonds is 6. The SMILES string of the molecule is C1=C(n2c(-c3cc(-c4nc5ccccc5n4-c4ccccc4)cc(-c4nc5ccccc5n4-c4ccccc4)c3)nc3ccccc32)CCCO1. The second-order valence-electron chi connectivity index (χ2n) is 12.8. The van der Waals surface area contributed by atoms with Crippen LogP contribution in [0.2, 0.25) is 0 Å². The third-order valence-corrected chi connectivity index (χ3v) is 9.62. The van der Waals surface area contributed by atoms with Gasteiger partial charge in [0.25, 0.3) is 0 Å². The van der Waals surface area contributed by atoms with E-state index in [1.165, 1.54) is 0 Å². The Kier molecular flexibility index (Phi) is 6.87. The van der Waals surface area contributed by atoms with Crippen LogP contribution in [-0.4, -0.2) is 35.3 Å². The van der Waals surface area contributed by atoms with Gasteiger partial charge in [-0.05, 0) is 91.7 Å². The lowest BCUT2D eigenvalue weighted by atomic mass is 10.0. The molecule has 10 rings (SSSR count). The third-order valence-electron chi connectivity index (χ3n) is 9.62. The zero-order valence-electron chi connectivity index (χ0n) is 27.7. The number of nitrogens with zero attached hydrogens (tertiary/aromatic N) is 6. The average molecular weight is 661 g/mol. The summed E-state index contributed by atoms with van der Waals surface area (Å²) in [5, 5.41) is 0. The summed E-state index contributed by atoms with van der Waals surface area (Å²) < 4.78 is 12.7. The minimum Gasteiger partial charge on any atom is -0.499 e. The Bertz CT molecular complexity index is 2620. The normalized spacial score (nSPS) is 13.1. The molecule has 7 nitrogen and oxygen atoms in total. The molecule has 1 aliphatic heterocycles. The van der Waals surface area contributed by atoms with Gasteiger partial charge in [0.2, 0.25) is 0 Å². The molecule has 9 aromatic rings. The van der Waals surface area contributed by atoms with Crippen molar-refractivity contribution in [3.63, 3.8) is 0 Å². The summed E-state index contributed by atoms with van der Waals surface area (Å²) in [5.41, 5.74) is 12.0. The van der Waals surface area contributed by atoms with Crippen LogP contribution in [-0.2, 0) is 4.74 Å². The van der Waals surface area contributed by atoms with Crippen LogP contribution < -0.4 is 0 Å². The van der Waals surface area contributed by atoms with Crippen LogP contribution in [0.25, 0.3) is 84.3 Å². The summed E-state index contributed by atoms with van der Waals surface area (Å²) in [6, 6.07) is 52.5. The molecule has 244 valence electrons. The zero-order valence-corrected chi connectivity index (χ0v) is 27.7. The van der Waals surface area contributed by atoms with Crippen LogP contribution in [0.5, 0.6) is 0 Å². The van der Waals surface area contributed by atoms with Crippen molar-refractivity contribution in [1.29, 1.82) is 0 Å². The molecule has 0 bridgehead atoms. The predicted octanol–water partition coefficient (Wildman–Crippen LogP) is 10.3. The minimum absolute atomic E-state index is 0.719. The molecule has 0 aliphatic carbocycles. The van der Waals surface area contributed by atoms with Gasteiger partial charge in [0.1, 0.15) is 23.7 Å². The highest BCUT2D eigenvalue weighted by atomic mass is 16.5. The zero-order chi connectivity index (χ0) is 33.7. The van der Waals surface area contributed by atoms with Crippen LogP contribution >= 0.6 is 0 Å². The first-order valence-corrected chi connectivity index (χ1v) is 17.3. The van der Waals surface area contributed by atoms with E-state index >= 15 is 0 Å². The highest BCUT2D eigenvalue weighted by molar-refractivity contribution is 5.90. The Labute approximate surface area is 294 Å². The van der Waals surface area contributed by atoms with E-state index in [1.54, 1.807) is 0 Å². The maximum Gasteiger partial charge on any atom is 0.145 e. The van der Waals surface area contributed by atoms with Gasteiger partial charge in [0.05, 0.1) is 45.4 Å². The van der Waals surface area contributed by atoms with E-state index in [1.807, 2.05) is 36.6 Å². The Hall–Kier alpha value is -6.73. The van der Waals surface area contributed by atoms with Gasteiger partial charge in [-0.2, -0.15) is 0 Å². The Morgan fingerprint density at radius 1 is 0.431 bits per heavy atom. The van der Waals surface area contributed by atoms with E-state index in [0.717, 1.165) is 104 Å². The molecule has 51 heavy (non-hydrogen) atoms. The highest BCUT2D eigenvalue weighted by Crippen LogP contribution is 2.39. The van der Waals surface area contributed by atoms with Gasteiger partial charge in [0.15, 0.2) is 0 Å². The summed E-state index contributed by atoms with van der Waals surface area (Å²) in [4.78, 5) is 15.9. The van der Waals surface area contributed by atoms with Gasteiger partial charge in [0, 0.05) is 28.1 Å². The number of ether oxygens (including phenoxy) is 1. The first-order valence-electron chi connectivity index (χ1n) is 17.3. The Balaban J connectivity index is 1.30. The van der Waals surface area contributed by atoms with Crippen LogP contribution in [0.3, 0.4) is 0 Å². The molecule has 0 unspecified atom stereocenters. The number of imidazole rings is 3. The number of para-hydroxylation sites is 8. The van der Waals surface area contributed by atoms with Crippen molar-refractivity contribution in [1.82, 2.24) is 28.7 Å². The Morgan fingerprint density at radius 3 is 1.25 bits per heavy atom. The van der Waals surface area contributed by atoms with E-state index in [-0.39, 0.29) is 0 Å². The standard InChI is InChI=1S/C44H32N6O/c1-3-14-33(15-4-1)48-39-22-10-7-19-36(39)45-42(48)30-26-31(43-46-37-20-8-11-23-40(37)49(43)34-16-5-2-6-17-34)28-32(27-30)44-47-38-21-9-12-24-41(38)50(44)35-18-13-25-51-29-35/h1-12,14-17,19-24,26-29H,13,18,25H2. The summed E-state index contributed by atoms with van der Waals surface area (Å²) >= 11 is 0. The van der Waals surface area contributed by atoms with Crippen LogP contribution in [0.1, 0.15) is 12.8 Å². The fourth-order valence-corrected chi connectivity index (χ4v) is 7.36. The number of hydrogen-bond donors (Lipinski definition) is 0. The average Bonchev–Trinajstić information content (AvgIpc) is 3.91. The fourth-order valence-electron chi connectivity index (χ4n) is 7.36. The third kappa shape index (κ3) is 4.93. The topological polar surface area (TPSA) is 62.7 Å². The van der Waals surface area contributed by atoms with E-state index in [0.29, 0.717) is 0 Å². The summed E-state index contributed by atoms with van der Waals surface area (Å²) in [6.07, 6.45) is 3.74. The van der Waals surface area contributed by atoms with Crippen LogP contribution in [0, 0.1) is 0 Å². The second-order valence-corrected chi connectivity index (χ2v) is 12.8. The Morgan fingerprint density at radius 2 is 0.824 bits per heavy atom. The van der Waals surface area contributed by atoms with Crippen molar-refractivity contribution in [2.45, 2.75) is 12.8 Å². The van der Waals surface area contributed by atoms with Gasteiger partial charge in [-0.15, -0.1) is 0 Å². The second kappa shape index (κ2) is 12.0. The lowest BCUT2D eigenvalue weighted by Gasteiger charge is -2.19. The summed E-state index contributed by atoms with van der Waals surface area (Å²) in [5.74, 6) is 2.53. The van der Waals surface area contributed by atoms with Crippen LogP contribution in [0.4, 0.5) is 0 Å². The number of hydrogen-bond acceptors (Lipinski definition) is 4. The van der Waals surface area contributed by atoms with Crippen LogP contribution in [0.15, 0.2) is 158 Å². The summed E-state index contributed by atoms with van der Waals surface area (Å²) in [6.45, 7) is 0.719. The quantitative estimate of drug-likeness (QED) is 0.178. The van der Waals surface area contributed by atoms with Gasteiger partial charge >= 0.3 is 0 Å². The van der Waals surface area contributed by atoms with Crippen molar-refractivity contribution in [2.75, 3.05) is 6.61 Å².